The number of ether oxygens (including phenoxy) is 1. The number of nitrogens with zero attached hydrogens (tertiary/aromatic N) is 2. The SMILES string of the molecule is NCc1cnc(-c2ccc(CCCCN3CCOCC3)cc2)s1. The Bertz CT molecular complexity index is 591. The molecule has 4 nitrogen and oxygen atoms in total. The van der Waals surface area contributed by atoms with Gasteiger partial charge in [0.25, 0.3) is 0 Å². The van der Waals surface area contributed by atoms with E-state index in [0.717, 1.165) is 42.6 Å². The fraction of sp³-hybridized carbons (Fsp3) is 0.500. The van der Waals surface area contributed by atoms with Crippen LogP contribution in [0.25, 0.3) is 10.6 Å². The van der Waals surface area contributed by atoms with Gasteiger partial charge in [0.15, 0.2) is 0 Å². The normalized spacial score (nSPS) is 15.9. The van der Waals surface area contributed by atoms with Crippen LogP contribution in [0.4, 0.5) is 0 Å². The van der Waals surface area contributed by atoms with E-state index >= 15 is 0 Å². The molecule has 0 bridgehead atoms. The van der Waals surface area contributed by atoms with Crippen molar-refractivity contribution in [3.63, 3.8) is 0 Å². The summed E-state index contributed by atoms with van der Waals surface area (Å²) in [7, 11) is 0. The summed E-state index contributed by atoms with van der Waals surface area (Å²) in [6, 6.07) is 8.81. The maximum absolute atomic E-state index is 5.65. The van der Waals surface area contributed by atoms with Crippen LogP contribution in [0.5, 0.6) is 0 Å². The van der Waals surface area contributed by atoms with Gasteiger partial charge in [-0.15, -0.1) is 11.3 Å². The standard InChI is InChI=1S/C18H25N3OS/c19-13-17-14-20-18(23-17)16-6-4-15(5-7-16)3-1-2-8-21-9-11-22-12-10-21/h4-7,14H,1-3,8-13,19H2. The van der Waals surface area contributed by atoms with Crippen molar-refractivity contribution in [2.24, 2.45) is 5.73 Å². The summed E-state index contributed by atoms with van der Waals surface area (Å²) < 4.78 is 5.38. The van der Waals surface area contributed by atoms with Crippen molar-refractivity contribution in [3.05, 3.63) is 40.9 Å². The van der Waals surface area contributed by atoms with Gasteiger partial charge in [0, 0.05) is 36.3 Å². The smallest absolute Gasteiger partial charge is 0.123 e. The minimum Gasteiger partial charge on any atom is -0.379 e. The molecule has 124 valence electrons. The van der Waals surface area contributed by atoms with Crippen molar-refractivity contribution in [3.8, 4) is 10.6 Å². The lowest BCUT2D eigenvalue weighted by Gasteiger charge is -2.26. The van der Waals surface area contributed by atoms with Crippen molar-refractivity contribution < 1.29 is 4.74 Å². The third-order valence-electron chi connectivity index (χ3n) is 4.25. The van der Waals surface area contributed by atoms with Crippen LogP contribution in [0.1, 0.15) is 23.3 Å². The molecule has 1 aliphatic rings. The summed E-state index contributed by atoms with van der Waals surface area (Å²) in [5.74, 6) is 0. The molecule has 1 aromatic heterocycles. The Morgan fingerprint density at radius 3 is 2.61 bits per heavy atom. The van der Waals surface area contributed by atoms with Crippen molar-refractivity contribution in [2.75, 3.05) is 32.8 Å². The summed E-state index contributed by atoms with van der Waals surface area (Å²) in [5, 5.41) is 1.06. The third-order valence-corrected chi connectivity index (χ3v) is 5.32. The lowest BCUT2D eigenvalue weighted by Crippen LogP contribution is -2.36. The van der Waals surface area contributed by atoms with E-state index in [9.17, 15) is 0 Å². The topological polar surface area (TPSA) is 51.4 Å². The maximum Gasteiger partial charge on any atom is 0.123 e. The van der Waals surface area contributed by atoms with Gasteiger partial charge in [0.2, 0.25) is 0 Å². The number of hydrogen-bond donors (Lipinski definition) is 1. The van der Waals surface area contributed by atoms with Crippen LogP contribution in [0.2, 0.25) is 0 Å². The highest BCUT2D eigenvalue weighted by Gasteiger charge is 2.09. The summed E-state index contributed by atoms with van der Waals surface area (Å²) in [6.07, 6.45) is 5.52. The highest BCUT2D eigenvalue weighted by molar-refractivity contribution is 7.15. The molecule has 2 N–H and O–H groups in total. The highest BCUT2D eigenvalue weighted by Crippen LogP contribution is 2.25. The first-order valence-corrected chi connectivity index (χ1v) is 9.21. The molecule has 0 aliphatic carbocycles. The molecule has 0 unspecified atom stereocenters. The zero-order chi connectivity index (χ0) is 15.9. The fourth-order valence-corrected chi connectivity index (χ4v) is 3.64. The van der Waals surface area contributed by atoms with Crippen LogP contribution in [0.3, 0.4) is 0 Å². The number of morpholine rings is 1. The second-order valence-electron chi connectivity index (χ2n) is 5.94. The van der Waals surface area contributed by atoms with Crippen LogP contribution >= 0.6 is 11.3 Å². The van der Waals surface area contributed by atoms with Crippen molar-refractivity contribution in [1.82, 2.24) is 9.88 Å². The van der Waals surface area contributed by atoms with Crippen LogP contribution in [0.15, 0.2) is 30.5 Å². The Morgan fingerprint density at radius 1 is 1.13 bits per heavy atom. The third kappa shape index (κ3) is 4.85. The van der Waals surface area contributed by atoms with E-state index in [1.807, 2.05) is 6.20 Å². The second kappa shape index (κ2) is 8.55. The Morgan fingerprint density at radius 2 is 1.91 bits per heavy atom. The van der Waals surface area contributed by atoms with Gasteiger partial charge in [-0.3, -0.25) is 4.90 Å². The Balaban J connectivity index is 1.44. The predicted molar refractivity (Wildman–Crippen MR) is 95.6 cm³/mol. The van der Waals surface area contributed by atoms with E-state index in [2.05, 4.69) is 34.1 Å². The molecule has 2 heterocycles. The van der Waals surface area contributed by atoms with Crippen molar-refractivity contribution in [1.29, 1.82) is 0 Å². The van der Waals surface area contributed by atoms with E-state index < -0.39 is 0 Å². The Hall–Kier alpha value is -1.27. The molecule has 2 aromatic rings. The number of benzene rings is 1. The van der Waals surface area contributed by atoms with Gasteiger partial charge in [-0.2, -0.15) is 0 Å². The minimum atomic E-state index is 0.568. The van der Waals surface area contributed by atoms with E-state index in [1.54, 1.807) is 11.3 Å². The number of thiazole rings is 1. The Kier molecular flexibility index (Phi) is 6.16. The zero-order valence-corrected chi connectivity index (χ0v) is 14.4. The van der Waals surface area contributed by atoms with Crippen LogP contribution in [0, 0.1) is 0 Å². The number of aromatic nitrogens is 1. The quantitative estimate of drug-likeness (QED) is 0.793. The molecule has 1 aliphatic heterocycles. The fourth-order valence-electron chi connectivity index (χ4n) is 2.84. The first-order valence-electron chi connectivity index (χ1n) is 8.39. The largest absolute Gasteiger partial charge is 0.379 e. The zero-order valence-electron chi connectivity index (χ0n) is 13.5. The van der Waals surface area contributed by atoms with Gasteiger partial charge in [-0.25, -0.2) is 4.98 Å². The molecule has 0 radical (unpaired) electrons. The van der Waals surface area contributed by atoms with Gasteiger partial charge in [0.05, 0.1) is 13.2 Å². The molecule has 3 rings (SSSR count). The average Bonchev–Trinajstić information content (AvgIpc) is 3.09. The van der Waals surface area contributed by atoms with Crippen molar-refractivity contribution >= 4 is 11.3 Å². The first-order chi connectivity index (χ1) is 11.3. The summed E-state index contributed by atoms with van der Waals surface area (Å²) in [4.78, 5) is 8.07. The van der Waals surface area contributed by atoms with Gasteiger partial charge in [-0.1, -0.05) is 24.3 Å². The number of unbranched alkanes of at least 4 members (excludes halogenated alkanes) is 1. The number of hydrogen-bond acceptors (Lipinski definition) is 5. The lowest BCUT2D eigenvalue weighted by atomic mass is 10.1. The number of nitrogens with two attached hydrogens (primary N) is 1. The molecule has 0 spiro atoms. The molecule has 0 atom stereocenters. The summed E-state index contributed by atoms with van der Waals surface area (Å²) in [5.41, 5.74) is 8.24. The van der Waals surface area contributed by atoms with Gasteiger partial charge < -0.3 is 10.5 Å². The van der Waals surface area contributed by atoms with Crippen LogP contribution in [-0.2, 0) is 17.7 Å². The minimum absolute atomic E-state index is 0.568. The number of rotatable bonds is 7. The highest BCUT2D eigenvalue weighted by atomic mass is 32.1. The molecule has 0 amide bonds. The monoisotopic (exact) mass is 331 g/mol. The maximum atomic E-state index is 5.65. The Labute approximate surface area is 142 Å². The average molecular weight is 331 g/mol. The van der Waals surface area contributed by atoms with Gasteiger partial charge in [0.1, 0.15) is 5.01 Å². The molecule has 1 saturated heterocycles. The molecule has 1 aromatic carbocycles. The summed E-state index contributed by atoms with van der Waals surface area (Å²) in [6.45, 7) is 5.73. The summed E-state index contributed by atoms with van der Waals surface area (Å²) >= 11 is 1.68. The van der Waals surface area contributed by atoms with Crippen LogP contribution < -0.4 is 5.73 Å². The first kappa shape index (κ1) is 16.6. The molecular weight excluding hydrogens is 306 g/mol. The molecular formula is C18H25N3OS. The van der Waals surface area contributed by atoms with Gasteiger partial charge in [-0.05, 0) is 31.4 Å². The van der Waals surface area contributed by atoms with Crippen LogP contribution in [-0.4, -0.2) is 42.7 Å². The van der Waals surface area contributed by atoms with E-state index in [1.165, 1.54) is 30.5 Å². The molecule has 5 heteroatoms. The number of aryl methyl sites for hydroxylation is 1. The van der Waals surface area contributed by atoms with E-state index in [0.29, 0.717) is 6.54 Å². The molecule has 23 heavy (non-hydrogen) atoms. The second-order valence-corrected chi connectivity index (χ2v) is 7.06. The van der Waals surface area contributed by atoms with Crippen molar-refractivity contribution in [2.45, 2.75) is 25.8 Å². The molecule has 1 fully saturated rings. The van der Waals surface area contributed by atoms with Gasteiger partial charge >= 0.3 is 0 Å². The van der Waals surface area contributed by atoms with E-state index in [4.69, 9.17) is 10.5 Å². The lowest BCUT2D eigenvalue weighted by molar-refractivity contribution is 0.0372. The van der Waals surface area contributed by atoms with E-state index in [-0.39, 0.29) is 0 Å². The predicted octanol–water partition coefficient (Wildman–Crippen LogP) is 2.92. The molecule has 0 saturated carbocycles.